The molecule has 36 heavy (non-hydrogen) atoms. The predicted molar refractivity (Wildman–Crippen MR) is 152 cm³/mol. The molecule has 2 heterocycles. The van der Waals surface area contributed by atoms with Crippen molar-refractivity contribution in [3.8, 4) is 11.3 Å². The number of aromatic nitrogens is 2. The molecule has 0 atom stereocenters. The van der Waals surface area contributed by atoms with Gasteiger partial charge in [0.15, 0.2) is 6.79 Å². The molecule has 0 bridgehead atoms. The Kier molecular flexibility index (Phi) is 13.4. The maximum Gasteiger partial charge on any atom is 0.345 e. The zero-order chi connectivity index (χ0) is 27.1. The summed E-state index contributed by atoms with van der Waals surface area (Å²) in [5.41, 5.74) is 4.67. The molecule has 1 saturated heterocycles. The van der Waals surface area contributed by atoms with Crippen molar-refractivity contribution in [2.45, 2.75) is 68.1 Å². The van der Waals surface area contributed by atoms with E-state index in [0.29, 0.717) is 5.52 Å². The van der Waals surface area contributed by atoms with Gasteiger partial charge >= 0.3 is 5.69 Å². The highest BCUT2D eigenvalue weighted by atomic mass is 16.9. The lowest BCUT2D eigenvalue weighted by Gasteiger charge is -2.42. The molecule has 0 amide bonds. The van der Waals surface area contributed by atoms with E-state index >= 15 is 0 Å². The molecule has 5 rings (SSSR count). The summed E-state index contributed by atoms with van der Waals surface area (Å²) < 4.78 is 11.9. The summed E-state index contributed by atoms with van der Waals surface area (Å²) in [6.45, 7) is 18.2. The van der Waals surface area contributed by atoms with Crippen LogP contribution in [0, 0.1) is 6.92 Å². The molecule has 1 aliphatic rings. The number of benzene rings is 3. The average Bonchev–Trinajstić information content (AvgIpc) is 2.94. The summed E-state index contributed by atoms with van der Waals surface area (Å²) in [7, 11) is 0. The first kappa shape index (κ1) is 30.8. The fraction of sp³-hybridized carbons (Fsp3) is 0.355. The third kappa shape index (κ3) is 6.48. The number of rotatable bonds is 3. The summed E-state index contributed by atoms with van der Waals surface area (Å²) in [6, 6.07) is 23.6. The third-order valence-corrected chi connectivity index (χ3v) is 5.14. The van der Waals surface area contributed by atoms with Gasteiger partial charge in [0.25, 0.3) is 0 Å². The SMILES string of the molecule is CC.CC.CC.CC.Cc1cc(C2(c3ccccc3)OCO2)cc2c(-c3ccccc3)[nH]c(=O)nc12. The Morgan fingerprint density at radius 3 is 1.78 bits per heavy atom. The van der Waals surface area contributed by atoms with Crippen LogP contribution in [0.15, 0.2) is 77.6 Å². The van der Waals surface area contributed by atoms with E-state index in [2.05, 4.69) is 9.97 Å². The third-order valence-electron chi connectivity index (χ3n) is 5.14. The molecule has 3 aromatic carbocycles. The van der Waals surface area contributed by atoms with Crippen LogP contribution in [0.4, 0.5) is 0 Å². The van der Waals surface area contributed by atoms with Crippen LogP contribution < -0.4 is 5.69 Å². The van der Waals surface area contributed by atoms with E-state index in [1.165, 1.54) is 0 Å². The monoisotopic (exact) mass is 490 g/mol. The van der Waals surface area contributed by atoms with E-state index < -0.39 is 5.79 Å². The summed E-state index contributed by atoms with van der Waals surface area (Å²) >= 11 is 0. The second kappa shape index (κ2) is 15.7. The van der Waals surface area contributed by atoms with Crippen LogP contribution in [0.1, 0.15) is 72.1 Å². The Morgan fingerprint density at radius 2 is 1.28 bits per heavy atom. The number of H-pyrrole nitrogens is 1. The highest BCUT2D eigenvalue weighted by molar-refractivity contribution is 5.94. The van der Waals surface area contributed by atoms with Crippen molar-refractivity contribution < 1.29 is 9.47 Å². The van der Waals surface area contributed by atoms with Gasteiger partial charge in [0.1, 0.15) is 0 Å². The van der Waals surface area contributed by atoms with Gasteiger partial charge in [0.2, 0.25) is 5.79 Å². The van der Waals surface area contributed by atoms with Gasteiger partial charge in [0, 0.05) is 16.5 Å². The molecule has 1 aliphatic heterocycles. The minimum absolute atomic E-state index is 0.237. The summed E-state index contributed by atoms with van der Waals surface area (Å²) in [5.74, 6) is -0.940. The Morgan fingerprint density at radius 1 is 0.750 bits per heavy atom. The first-order chi connectivity index (χ1) is 17.7. The summed E-state index contributed by atoms with van der Waals surface area (Å²) in [5, 5.41) is 0.857. The van der Waals surface area contributed by atoms with Crippen molar-refractivity contribution in [2.75, 3.05) is 6.79 Å². The average molecular weight is 491 g/mol. The smallest absolute Gasteiger partial charge is 0.315 e. The van der Waals surface area contributed by atoms with E-state index in [0.717, 1.165) is 33.3 Å². The van der Waals surface area contributed by atoms with Gasteiger partial charge in [-0.15, -0.1) is 0 Å². The molecule has 1 aromatic heterocycles. The molecule has 0 unspecified atom stereocenters. The number of hydrogen-bond donors (Lipinski definition) is 1. The van der Waals surface area contributed by atoms with Crippen LogP contribution >= 0.6 is 0 Å². The first-order valence-electron chi connectivity index (χ1n) is 13.1. The van der Waals surface area contributed by atoms with Crippen LogP contribution in [-0.4, -0.2) is 16.8 Å². The second-order valence-corrected chi connectivity index (χ2v) is 6.86. The van der Waals surface area contributed by atoms with Crippen LogP contribution in [0.2, 0.25) is 0 Å². The van der Waals surface area contributed by atoms with E-state index in [9.17, 15) is 4.79 Å². The molecular weight excluding hydrogens is 448 g/mol. The maximum atomic E-state index is 12.2. The largest absolute Gasteiger partial charge is 0.345 e. The molecule has 0 aliphatic carbocycles. The molecule has 4 aromatic rings. The number of nitrogens with one attached hydrogen (secondary N) is 1. The Bertz CT molecular complexity index is 1220. The van der Waals surface area contributed by atoms with Crippen molar-refractivity contribution in [3.63, 3.8) is 0 Å². The van der Waals surface area contributed by atoms with Crippen LogP contribution in [-0.2, 0) is 15.3 Å². The van der Waals surface area contributed by atoms with E-state index in [1.54, 1.807) is 0 Å². The van der Waals surface area contributed by atoms with Gasteiger partial charge < -0.3 is 14.5 Å². The Hall–Kier alpha value is -3.28. The fourth-order valence-electron chi connectivity index (χ4n) is 3.78. The second-order valence-electron chi connectivity index (χ2n) is 6.86. The lowest BCUT2D eigenvalue weighted by molar-refractivity contribution is -0.386. The van der Waals surface area contributed by atoms with E-state index in [-0.39, 0.29) is 12.5 Å². The van der Waals surface area contributed by atoms with Crippen molar-refractivity contribution in [3.05, 3.63) is 100.0 Å². The van der Waals surface area contributed by atoms with Crippen molar-refractivity contribution in [2.24, 2.45) is 0 Å². The van der Waals surface area contributed by atoms with E-state index in [4.69, 9.17) is 9.47 Å². The lowest BCUT2D eigenvalue weighted by Crippen LogP contribution is -2.45. The number of nitrogens with zero attached hydrogens (tertiary/aromatic N) is 1. The number of hydrogen-bond acceptors (Lipinski definition) is 4. The van der Waals surface area contributed by atoms with Gasteiger partial charge in [-0.2, -0.15) is 4.98 Å². The van der Waals surface area contributed by atoms with Crippen molar-refractivity contribution in [1.29, 1.82) is 0 Å². The highest BCUT2D eigenvalue weighted by Gasteiger charge is 2.44. The minimum atomic E-state index is -0.940. The molecule has 1 N–H and O–H groups in total. The Labute approximate surface area is 216 Å². The summed E-state index contributed by atoms with van der Waals surface area (Å²) in [6.07, 6.45) is 0. The summed E-state index contributed by atoms with van der Waals surface area (Å²) in [4.78, 5) is 19.3. The zero-order valence-corrected chi connectivity index (χ0v) is 23.3. The molecular formula is C31H42N2O3. The minimum Gasteiger partial charge on any atom is -0.315 e. The number of fused-ring (bicyclic) bond motifs is 1. The quantitative estimate of drug-likeness (QED) is 0.314. The standard InChI is InChI=1S/C23H18N2O3.4C2H6/c1-15-12-18(23(27-14-28-23)17-10-6-3-7-11-17)13-19-20(15)24-22(26)25-21(19)16-8-4-2-5-9-16;4*1-2/h2-13H,14H2,1H3,(H,24,25,26);4*1-2H3. The van der Waals surface area contributed by atoms with Gasteiger partial charge in [-0.05, 0) is 30.2 Å². The fourth-order valence-corrected chi connectivity index (χ4v) is 3.78. The molecule has 1 fully saturated rings. The number of aromatic amines is 1. The molecule has 0 radical (unpaired) electrons. The lowest BCUT2D eigenvalue weighted by atomic mass is 9.92. The van der Waals surface area contributed by atoms with E-state index in [1.807, 2.05) is 135 Å². The predicted octanol–water partition coefficient (Wildman–Crippen LogP) is 8.21. The van der Waals surface area contributed by atoms with Gasteiger partial charge in [-0.25, -0.2) is 4.79 Å². The van der Waals surface area contributed by atoms with Gasteiger partial charge in [0.05, 0.1) is 11.2 Å². The normalized spacial score (nSPS) is 12.6. The molecule has 194 valence electrons. The number of aryl methyl sites for hydroxylation is 1. The van der Waals surface area contributed by atoms with Gasteiger partial charge in [-0.1, -0.05) is 116 Å². The molecule has 5 heteroatoms. The maximum absolute atomic E-state index is 12.2. The van der Waals surface area contributed by atoms with Crippen LogP contribution in [0.25, 0.3) is 22.2 Å². The molecule has 0 saturated carbocycles. The van der Waals surface area contributed by atoms with Crippen LogP contribution in [0.3, 0.4) is 0 Å². The zero-order valence-electron chi connectivity index (χ0n) is 23.3. The van der Waals surface area contributed by atoms with Crippen LogP contribution in [0.5, 0.6) is 0 Å². The molecule has 5 nitrogen and oxygen atoms in total. The highest BCUT2D eigenvalue weighted by Crippen LogP contribution is 2.43. The Balaban J connectivity index is 0.000000741. The number of ether oxygens (including phenoxy) is 2. The topological polar surface area (TPSA) is 64.2 Å². The van der Waals surface area contributed by atoms with Crippen molar-refractivity contribution >= 4 is 10.9 Å². The molecule has 0 spiro atoms. The van der Waals surface area contributed by atoms with Gasteiger partial charge in [-0.3, -0.25) is 0 Å². The first-order valence-corrected chi connectivity index (χ1v) is 13.1. The van der Waals surface area contributed by atoms with Crippen molar-refractivity contribution in [1.82, 2.24) is 9.97 Å².